The molecule has 0 radical (unpaired) electrons. The second kappa shape index (κ2) is 11.2. The van der Waals surface area contributed by atoms with Crippen LogP contribution in [0.15, 0.2) is 4.99 Å². The summed E-state index contributed by atoms with van der Waals surface area (Å²) >= 11 is 0. The van der Waals surface area contributed by atoms with Crippen LogP contribution in [0.4, 0.5) is 13.2 Å². The highest BCUT2D eigenvalue weighted by Crippen LogP contribution is 2.29. The second-order valence-corrected chi connectivity index (χ2v) is 10.2. The summed E-state index contributed by atoms with van der Waals surface area (Å²) in [5, 5.41) is 6.38. The molecule has 0 saturated carbocycles. The number of alkyl halides is 3. The van der Waals surface area contributed by atoms with Crippen molar-refractivity contribution in [3.63, 3.8) is 0 Å². The van der Waals surface area contributed by atoms with Crippen molar-refractivity contribution in [2.75, 3.05) is 26.2 Å². The molecule has 0 amide bonds. The van der Waals surface area contributed by atoms with E-state index in [1.165, 1.54) is 0 Å². The van der Waals surface area contributed by atoms with Crippen LogP contribution in [0.5, 0.6) is 0 Å². The molecular formula is C17H34F3IN4O2S. The summed E-state index contributed by atoms with van der Waals surface area (Å²) in [5.74, 6) is 1.18. The van der Waals surface area contributed by atoms with Gasteiger partial charge in [0.1, 0.15) is 0 Å². The molecule has 1 saturated heterocycles. The lowest BCUT2D eigenvalue weighted by Crippen LogP contribution is -2.51. The van der Waals surface area contributed by atoms with E-state index in [4.69, 9.17) is 0 Å². The number of hydrogen-bond acceptors (Lipinski definition) is 3. The van der Waals surface area contributed by atoms with Crippen LogP contribution in [-0.2, 0) is 10.0 Å². The molecule has 2 N–H and O–H groups in total. The fourth-order valence-electron chi connectivity index (χ4n) is 3.36. The number of nitrogens with zero attached hydrogens (tertiary/aromatic N) is 2. The number of halogens is 4. The first kappa shape index (κ1) is 27.7. The van der Waals surface area contributed by atoms with E-state index in [1.807, 2.05) is 6.92 Å². The third-order valence-corrected chi connectivity index (χ3v) is 6.03. The van der Waals surface area contributed by atoms with Gasteiger partial charge in [-0.05, 0) is 37.5 Å². The Morgan fingerprint density at radius 3 is 2.18 bits per heavy atom. The fraction of sp³-hybridized carbons (Fsp3) is 0.941. The number of aliphatic imine (C=N–C) groups is 1. The van der Waals surface area contributed by atoms with E-state index < -0.39 is 15.5 Å². The van der Waals surface area contributed by atoms with Crippen molar-refractivity contribution < 1.29 is 21.6 Å². The molecule has 0 spiro atoms. The van der Waals surface area contributed by atoms with Crippen LogP contribution in [0.1, 0.15) is 53.9 Å². The zero-order valence-corrected chi connectivity index (χ0v) is 20.4. The Balaban J connectivity index is 0.00000729. The Bertz CT molecular complexity index is 602. The van der Waals surface area contributed by atoms with Crippen molar-refractivity contribution in [2.24, 2.45) is 16.3 Å². The average Bonchev–Trinajstić information content (AvgIpc) is 2.51. The van der Waals surface area contributed by atoms with Gasteiger partial charge in [-0.25, -0.2) is 8.42 Å². The van der Waals surface area contributed by atoms with Gasteiger partial charge in [0.25, 0.3) is 0 Å². The monoisotopic (exact) mass is 542 g/mol. The third kappa shape index (κ3) is 8.60. The second-order valence-electron chi connectivity index (χ2n) is 8.23. The molecule has 1 rings (SSSR count). The summed E-state index contributed by atoms with van der Waals surface area (Å²) in [7, 11) is -5.24. The lowest BCUT2D eigenvalue weighted by molar-refractivity contribution is -0.0494. The molecule has 28 heavy (non-hydrogen) atoms. The highest BCUT2D eigenvalue weighted by Gasteiger charge is 2.50. The minimum absolute atomic E-state index is 0. The van der Waals surface area contributed by atoms with E-state index in [2.05, 4.69) is 43.3 Å². The van der Waals surface area contributed by atoms with E-state index >= 15 is 0 Å². The topological polar surface area (TPSA) is 73.8 Å². The number of sulfonamides is 1. The molecule has 168 valence electrons. The van der Waals surface area contributed by atoms with Gasteiger partial charge in [0.2, 0.25) is 0 Å². The van der Waals surface area contributed by atoms with Gasteiger partial charge in [0.15, 0.2) is 5.96 Å². The lowest BCUT2D eigenvalue weighted by Gasteiger charge is -2.33. The van der Waals surface area contributed by atoms with Crippen molar-refractivity contribution in [3.8, 4) is 0 Å². The van der Waals surface area contributed by atoms with E-state index in [0.29, 0.717) is 42.1 Å². The van der Waals surface area contributed by atoms with Gasteiger partial charge in [-0.2, -0.15) is 17.5 Å². The predicted molar refractivity (Wildman–Crippen MR) is 117 cm³/mol. The van der Waals surface area contributed by atoms with Gasteiger partial charge in [0.05, 0.1) is 0 Å². The summed E-state index contributed by atoms with van der Waals surface area (Å²) in [4.78, 5) is 4.62. The van der Waals surface area contributed by atoms with Crippen LogP contribution >= 0.6 is 24.0 Å². The van der Waals surface area contributed by atoms with Gasteiger partial charge >= 0.3 is 15.5 Å². The first-order valence-corrected chi connectivity index (χ1v) is 10.8. The van der Waals surface area contributed by atoms with Gasteiger partial charge in [-0.1, -0.05) is 27.7 Å². The van der Waals surface area contributed by atoms with Crippen LogP contribution in [0.3, 0.4) is 0 Å². The maximum absolute atomic E-state index is 12.7. The van der Waals surface area contributed by atoms with E-state index in [1.54, 1.807) is 0 Å². The van der Waals surface area contributed by atoms with Crippen LogP contribution in [0.25, 0.3) is 0 Å². The molecule has 1 aliphatic rings. The zero-order chi connectivity index (χ0) is 20.9. The van der Waals surface area contributed by atoms with Crippen molar-refractivity contribution in [1.29, 1.82) is 0 Å². The summed E-state index contributed by atoms with van der Waals surface area (Å²) in [5.41, 5.74) is -5.20. The summed E-state index contributed by atoms with van der Waals surface area (Å²) in [6, 6.07) is -0.115. The molecule has 1 fully saturated rings. The number of guanidine groups is 1. The van der Waals surface area contributed by atoms with Crippen LogP contribution in [-0.4, -0.2) is 56.4 Å². The first-order valence-electron chi connectivity index (χ1n) is 9.40. The number of piperidine rings is 1. The summed E-state index contributed by atoms with van der Waals surface area (Å²) in [6.45, 7) is 11.6. The zero-order valence-electron chi connectivity index (χ0n) is 17.3. The normalized spacial score (nSPS) is 18.1. The van der Waals surface area contributed by atoms with E-state index in [-0.39, 0.29) is 48.5 Å². The minimum atomic E-state index is -5.24. The lowest BCUT2D eigenvalue weighted by atomic mass is 9.84. The quantitative estimate of drug-likeness (QED) is 0.293. The molecule has 0 bridgehead atoms. The third-order valence-electron chi connectivity index (χ3n) is 4.40. The summed E-state index contributed by atoms with van der Waals surface area (Å²) in [6.07, 6.45) is 1.63. The van der Waals surface area contributed by atoms with Gasteiger partial charge in [-0.3, -0.25) is 4.99 Å². The number of nitrogens with one attached hydrogen (secondary N) is 2. The average molecular weight is 542 g/mol. The number of hydrogen-bond donors (Lipinski definition) is 2. The molecule has 6 nitrogen and oxygen atoms in total. The molecule has 0 aliphatic carbocycles. The molecule has 11 heteroatoms. The first-order chi connectivity index (χ1) is 12.3. The van der Waals surface area contributed by atoms with Gasteiger partial charge in [0, 0.05) is 32.2 Å². The van der Waals surface area contributed by atoms with E-state index in [9.17, 15) is 21.6 Å². The van der Waals surface area contributed by atoms with E-state index in [0.717, 1.165) is 6.42 Å². The molecule has 0 aromatic rings. The van der Waals surface area contributed by atoms with Crippen molar-refractivity contribution in [2.45, 2.75) is 65.4 Å². The minimum Gasteiger partial charge on any atom is -0.357 e. The molecule has 1 aliphatic heterocycles. The van der Waals surface area contributed by atoms with Gasteiger partial charge in [-0.15, -0.1) is 24.0 Å². The molecule has 1 heterocycles. The Hall–Kier alpha value is -0.300. The molecule has 0 unspecified atom stereocenters. The van der Waals surface area contributed by atoms with Crippen LogP contribution in [0.2, 0.25) is 0 Å². The molecule has 0 atom stereocenters. The Morgan fingerprint density at radius 2 is 1.75 bits per heavy atom. The standard InChI is InChI=1S/C17H33F3N4O2S.HI/c1-6-21-15(22-12-16(4,5)11-13(2)3)23-14-7-9-24(10-8-14)27(25,26)17(18,19)20;/h13-14H,6-12H2,1-5H3,(H2,21,22,23);1H. The smallest absolute Gasteiger partial charge is 0.357 e. The molecular weight excluding hydrogens is 508 g/mol. The van der Waals surface area contributed by atoms with Crippen LogP contribution < -0.4 is 10.6 Å². The maximum Gasteiger partial charge on any atom is 0.511 e. The largest absolute Gasteiger partial charge is 0.511 e. The number of rotatable bonds is 7. The Morgan fingerprint density at radius 1 is 1.21 bits per heavy atom. The van der Waals surface area contributed by atoms with Crippen molar-refractivity contribution in [1.82, 2.24) is 14.9 Å². The van der Waals surface area contributed by atoms with Crippen molar-refractivity contribution >= 4 is 40.0 Å². The molecule has 0 aromatic heterocycles. The summed E-state index contributed by atoms with van der Waals surface area (Å²) < 4.78 is 61.4. The molecule has 0 aromatic carbocycles. The highest BCUT2D eigenvalue weighted by atomic mass is 127. The van der Waals surface area contributed by atoms with Crippen molar-refractivity contribution in [3.05, 3.63) is 0 Å². The van der Waals surface area contributed by atoms with Crippen LogP contribution in [0, 0.1) is 11.3 Å². The fourth-order valence-corrected chi connectivity index (χ4v) is 4.35. The maximum atomic E-state index is 12.7. The Labute approximate surface area is 184 Å². The SMILES string of the molecule is CCNC(=NCC(C)(C)CC(C)C)NC1CCN(S(=O)(=O)C(F)(F)F)CC1.I. The van der Waals surface area contributed by atoms with Gasteiger partial charge < -0.3 is 10.6 Å². The predicted octanol–water partition coefficient (Wildman–Crippen LogP) is 3.55. The highest BCUT2D eigenvalue weighted by molar-refractivity contribution is 14.0. The Kier molecular flexibility index (Phi) is 11.1.